The van der Waals surface area contributed by atoms with Crippen LogP contribution in [0.4, 0.5) is 0 Å². The predicted octanol–water partition coefficient (Wildman–Crippen LogP) is 2.53. The van der Waals surface area contributed by atoms with Gasteiger partial charge in [0.15, 0.2) is 0 Å². The first-order valence-corrected chi connectivity index (χ1v) is 5.47. The molecule has 0 radical (unpaired) electrons. The van der Waals surface area contributed by atoms with E-state index in [9.17, 15) is 5.11 Å². The van der Waals surface area contributed by atoms with Crippen LogP contribution < -0.4 is 0 Å². The lowest BCUT2D eigenvalue weighted by Gasteiger charge is -2.01. The molecule has 17 heavy (non-hydrogen) atoms. The number of hydrogen-bond acceptors (Lipinski definition) is 2. The van der Waals surface area contributed by atoms with Gasteiger partial charge in [0.05, 0.1) is 11.8 Å². The van der Waals surface area contributed by atoms with Crippen molar-refractivity contribution in [3.63, 3.8) is 0 Å². The van der Waals surface area contributed by atoms with Crippen LogP contribution in [0, 0.1) is 11.8 Å². The minimum Gasteiger partial charge on any atom is -0.387 e. The Labute approximate surface area is 101 Å². The van der Waals surface area contributed by atoms with Crippen LogP contribution in [0.25, 0.3) is 0 Å². The summed E-state index contributed by atoms with van der Waals surface area (Å²) in [6.07, 6.45) is 1.14. The van der Waals surface area contributed by atoms with E-state index >= 15 is 0 Å². The van der Waals surface area contributed by atoms with Gasteiger partial charge in [-0.1, -0.05) is 30.0 Å². The standard InChI is InChI=1S/C15H13NO/c1-12(17)15-10-9-14(11-16-15)8-7-13-5-3-2-4-6-13/h2-6,9-12,17H,1H3. The third kappa shape index (κ3) is 3.17. The van der Waals surface area contributed by atoms with E-state index in [0.717, 1.165) is 11.1 Å². The molecule has 1 atom stereocenters. The zero-order chi connectivity index (χ0) is 12.1. The highest BCUT2D eigenvalue weighted by Gasteiger charge is 2.00. The van der Waals surface area contributed by atoms with Crippen molar-refractivity contribution in [3.05, 3.63) is 65.5 Å². The Morgan fingerprint density at radius 2 is 1.71 bits per heavy atom. The average molecular weight is 223 g/mol. The molecule has 0 amide bonds. The summed E-state index contributed by atoms with van der Waals surface area (Å²) in [6, 6.07) is 13.5. The van der Waals surface area contributed by atoms with Crippen molar-refractivity contribution in [2.75, 3.05) is 0 Å². The molecule has 1 aromatic carbocycles. The molecule has 84 valence electrons. The maximum absolute atomic E-state index is 9.32. The maximum atomic E-state index is 9.32. The van der Waals surface area contributed by atoms with Crippen LogP contribution in [-0.4, -0.2) is 10.1 Å². The number of aliphatic hydroxyl groups excluding tert-OH is 1. The number of nitrogens with zero attached hydrogens (tertiary/aromatic N) is 1. The minimum atomic E-state index is -0.536. The fourth-order valence-electron chi connectivity index (χ4n) is 1.39. The molecule has 0 aliphatic heterocycles. The molecular weight excluding hydrogens is 210 g/mol. The van der Waals surface area contributed by atoms with Crippen molar-refractivity contribution in [2.45, 2.75) is 13.0 Å². The number of rotatable bonds is 1. The van der Waals surface area contributed by atoms with Gasteiger partial charge in [0.2, 0.25) is 0 Å². The number of aromatic nitrogens is 1. The van der Waals surface area contributed by atoms with Crippen molar-refractivity contribution in [1.82, 2.24) is 4.98 Å². The van der Waals surface area contributed by atoms with E-state index in [0.29, 0.717) is 5.69 Å². The van der Waals surface area contributed by atoms with Crippen LogP contribution in [-0.2, 0) is 0 Å². The summed E-state index contributed by atoms with van der Waals surface area (Å²) in [5.41, 5.74) is 2.49. The van der Waals surface area contributed by atoms with Gasteiger partial charge in [-0.15, -0.1) is 0 Å². The van der Waals surface area contributed by atoms with E-state index < -0.39 is 6.10 Å². The molecular formula is C15H13NO. The van der Waals surface area contributed by atoms with Gasteiger partial charge in [-0.05, 0) is 31.2 Å². The Hall–Kier alpha value is -2.11. The smallest absolute Gasteiger partial charge is 0.0931 e. The molecule has 2 heteroatoms. The Morgan fingerprint density at radius 3 is 2.29 bits per heavy atom. The summed E-state index contributed by atoms with van der Waals surface area (Å²) in [5, 5.41) is 9.32. The lowest BCUT2D eigenvalue weighted by molar-refractivity contribution is 0.194. The van der Waals surface area contributed by atoms with Crippen molar-refractivity contribution in [2.24, 2.45) is 0 Å². The predicted molar refractivity (Wildman–Crippen MR) is 67.3 cm³/mol. The average Bonchev–Trinajstić information content (AvgIpc) is 2.38. The van der Waals surface area contributed by atoms with Gasteiger partial charge in [0.25, 0.3) is 0 Å². The van der Waals surface area contributed by atoms with E-state index in [1.165, 1.54) is 0 Å². The van der Waals surface area contributed by atoms with Crippen LogP contribution >= 0.6 is 0 Å². The molecule has 0 spiro atoms. The second kappa shape index (κ2) is 5.29. The number of aliphatic hydroxyl groups is 1. The van der Waals surface area contributed by atoms with Gasteiger partial charge < -0.3 is 5.11 Å². The second-order valence-electron chi connectivity index (χ2n) is 3.76. The molecule has 0 aliphatic rings. The third-order valence-corrected chi connectivity index (χ3v) is 2.34. The first kappa shape index (κ1) is 11.4. The number of hydrogen-bond donors (Lipinski definition) is 1. The second-order valence-corrected chi connectivity index (χ2v) is 3.76. The largest absolute Gasteiger partial charge is 0.387 e. The molecule has 0 bridgehead atoms. The molecule has 0 fully saturated rings. The van der Waals surface area contributed by atoms with Gasteiger partial charge >= 0.3 is 0 Å². The fourth-order valence-corrected chi connectivity index (χ4v) is 1.39. The van der Waals surface area contributed by atoms with Crippen LogP contribution in [0.1, 0.15) is 29.8 Å². The summed E-state index contributed by atoms with van der Waals surface area (Å²) in [7, 11) is 0. The van der Waals surface area contributed by atoms with E-state index in [-0.39, 0.29) is 0 Å². The van der Waals surface area contributed by atoms with Crippen LogP contribution in [0.2, 0.25) is 0 Å². The van der Waals surface area contributed by atoms with E-state index in [1.807, 2.05) is 36.4 Å². The van der Waals surface area contributed by atoms with Gasteiger partial charge in [-0.2, -0.15) is 0 Å². The molecule has 2 rings (SSSR count). The first-order valence-electron chi connectivity index (χ1n) is 5.47. The van der Waals surface area contributed by atoms with Crippen LogP contribution in [0.3, 0.4) is 0 Å². The van der Waals surface area contributed by atoms with Gasteiger partial charge in [-0.25, -0.2) is 0 Å². The lowest BCUT2D eigenvalue weighted by Crippen LogP contribution is -1.94. The van der Waals surface area contributed by atoms with Crippen molar-refractivity contribution >= 4 is 0 Å². The minimum absolute atomic E-state index is 0.536. The highest BCUT2D eigenvalue weighted by molar-refractivity contribution is 5.41. The lowest BCUT2D eigenvalue weighted by atomic mass is 10.2. The topological polar surface area (TPSA) is 33.1 Å². The summed E-state index contributed by atoms with van der Waals surface area (Å²) in [5.74, 6) is 6.09. The monoisotopic (exact) mass is 223 g/mol. The summed E-state index contributed by atoms with van der Waals surface area (Å²) < 4.78 is 0. The van der Waals surface area contributed by atoms with E-state index in [2.05, 4.69) is 16.8 Å². The zero-order valence-electron chi connectivity index (χ0n) is 9.59. The normalized spacial score (nSPS) is 11.4. The molecule has 2 nitrogen and oxygen atoms in total. The van der Waals surface area contributed by atoms with Crippen molar-refractivity contribution in [1.29, 1.82) is 0 Å². The van der Waals surface area contributed by atoms with Crippen LogP contribution in [0.5, 0.6) is 0 Å². The SMILES string of the molecule is CC(O)c1ccc(C#Cc2ccccc2)cn1. The Balaban J connectivity index is 2.17. The molecule has 1 N–H and O–H groups in total. The summed E-state index contributed by atoms with van der Waals surface area (Å²) >= 11 is 0. The fraction of sp³-hybridized carbons (Fsp3) is 0.133. The third-order valence-electron chi connectivity index (χ3n) is 2.34. The quantitative estimate of drug-likeness (QED) is 0.754. The van der Waals surface area contributed by atoms with Gasteiger partial charge in [0.1, 0.15) is 0 Å². The Morgan fingerprint density at radius 1 is 1.00 bits per heavy atom. The number of pyridine rings is 1. The zero-order valence-corrected chi connectivity index (χ0v) is 9.59. The maximum Gasteiger partial charge on any atom is 0.0931 e. The van der Waals surface area contributed by atoms with Crippen LogP contribution in [0.15, 0.2) is 48.7 Å². The molecule has 2 aromatic rings. The number of benzene rings is 1. The van der Waals surface area contributed by atoms with E-state index in [1.54, 1.807) is 19.2 Å². The molecule has 0 aliphatic carbocycles. The molecule has 1 heterocycles. The highest BCUT2D eigenvalue weighted by atomic mass is 16.3. The molecule has 1 aromatic heterocycles. The highest BCUT2D eigenvalue weighted by Crippen LogP contribution is 2.08. The Bertz CT molecular complexity index is 533. The van der Waals surface area contributed by atoms with Crippen molar-refractivity contribution in [3.8, 4) is 11.8 Å². The van der Waals surface area contributed by atoms with E-state index in [4.69, 9.17) is 0 Å². The molecule has 0 saturated heterocycles. The Kier molecular flexibility index (Phi) is 3.54. The summed E-state index contributed by atoms with van der Waals surface area (Å²) in [6.45, 7) is 1.69. The summed E-state index contributed by atoms with van der Waals surface area (Å²) in [4.78, 5) is 4.14. The first-order chi connectivity index (χ1) is 8.25. The molecule has 0 saturated carbocycles. The van der Waals surface area contributed by atoms with Gasteiger partial charge in [0, 0.05) is 17.3 Å². The van der Waals surface area contributed by atoms with Crippen molar-refractivity contribution < 1.29 is 5.11 Å². The molecule has 1 unspecified atom stereocenters. The van der Waals surface area contributed by atoms with Gasteiger partial charge in [-0.3, -0.25) is 4.98 Å².